The number of amides is 1. The number of aryl methyl sites for hydroxylation is 1. The van der Waals surface area contributed by atoms with Crippen molar-refractivity contribution in [3.63, 3.8) is 0 Å². The second-order valence-corrected chi connectivity index (χ2v) is 7.61. The second kappa shape index (κ2) is 7.67. The van der Waals surface area contributed by atoms with Gasteiger partial charge in [0, 0.05) is 42.5 Å². The van der Waals surface area contributed by atoms with Gasteiger partial charge in [0.15, 0.2) is 0 Å². The normalized spacial score (nSPS) is 18.3. The first kappa shape index (κ1) is 17.3. The molecule has 0 bridgehead atoms. The Bertz CT molecular complexity index is 772. The van der Waals surface area contributed by atoms with Gasteiger partial charge < -0.3 is 9.80 Å². The average Bonchev–Trinajstić information content (AvgIpc) is 2.90. The zero-order valence-corrected chi connectivity index (χ0v) is 15.7. The molecule has 0 unspecified atom stereocenters. The van der Waals surface area contributed by atoms with Crippen LogP contribution in [0.2, 0.25) is 5.02 Å². The van der Waals surface area contributed by atoms with Crippen LogP contribution in [0.25, 0.3) is 0 Å². The number of nitrogens with zero attached hydrogens (tertiary/aromatic N) is 3. The predicted octanol–water partition coefficient (Wildman–Crippen LogP) is 4.32. The van der Waals surface area contributed by atoms with E-state index in [1.807, 2.05) is 47.5 Å². The fourth-order valence-electron chi connectivity index (χ4n) is 4.07. The van der Waals surface area contributed by atoms with Crippen LogP contribution >= 0.6 is 11.6 Å². The lowest BCUT2D eigenvalue weighted by atomic mass is 9.94. The molecule has 0 radical (unpaired) electrons. The Balaban J connectivity index is 1.47. The van der Waals surface area contributed by atoms with Gasteiger partial charge in [-0.1, -0.05) is 17.7 Å². The molecule has 26 heavy (non-hydrogen) atoms. The third-order valence-electron chi connectivity index (χ3n) is 5.49. The van der Waals surface area contributed by atoms with Crippen molar-refractivity contribution in [2.24, 2.45) is 5.92 Å². The second-order valence-electron chi connectivity index (χ2n) is 7.17. The summed E-state index contributed by atoms with van der Waals surface area (Å²) in [5, 5.41) is 0.752. The SMILES string of the molecule is O=C(C1CCN(c2ccccn2)CC1)N1CCCCc2cc(Cl)ccc21. The van der Waals surface area contributed by atoms with Crippen LogP contribution < -0.4 is 9.80 Å². The molecule has 3 heterocycles. The topological polar surface area (TPSA) is 36.4 Å². The van der Waals surface area contributed by atoms with Crippen molar-refractivity contribution in [3.05, 3.63) is 53.2 Å². The lowest BCUT2D eigenvalue weighted by Crippen LogP contribution is -2.43. The van der Waals surface area contributed by atoms with Gasteiger partial charge in [-0.2, -0.15) is 0 Å². The first-order valence-corrected chi connectivity index (χ1v) is 9.86. The van der Waals surface area contributed by atoms with E-state index in [-0.39, 0.29) is 11.8 Å². The number of anilines is 2. The highest BCUT2D eigenvalue weighted by Crippen LogP contribution is 2.32. The molecular weight excluding hydrogens is 346 g/mol. The van der Waals surface area contributed by atoms with Crippen molar-refractivity contribution in [1.29, 1.82) is 0 Å². The van der Waals surface area contributed by atoms with E-state index in [0.717, 1.165) is 68.3 Å². The Morgan fingerprint density at radius 2 is 1.92 bits per heavy atom. The zero-order valence-electron chi connectivity index (χ0n) is 14.9. The van der Waals surface area contributed by atoms with Crippen LogP contribution in [0, 0.1) is 5.92 Å². The molecule has 1 aromatic heterocycles. The summed E-state index contributed by atoms with van der Waals surface area (Å²) in [7, 11) is 0. The number of benzene rings is 1. The Hall–Kier alpha value is -2.07. The van der Waals surface area contributed by atoms with E-state index in [1.54, 1.807) is 0 Å². The summed E-state index contributed by atoms with van der Waals surface area (Å²) in [5.74, 6) is 1.38. The van der Waals surface area contributed by atoms with E-state index >= 15 is 0 Å². The van der Waals surface area contributed by atoms with Gasteiger partial charge in [0.1, 0.15) is 5.82 Å². The van der Waals surface area contributed by atoms with Crippen LogP contribution in [0.1, 0.15) is 31.2 Å². The first-order chi connectivity index (χ1) is 12.7. The Kier molecular flexibility index (Phi) is 5.11. The molecule has 136 valence electrons. The van der Waals surface area contributed by atoms with E-state index in [1.165, 1.54) is 5.56 Å². The summed E-state index contributed by atoms with van der Waals surface area (Å²) in [6.45, 7) is 2.58. The van der Waals surface area contributed by atoms with Gasteiger partial charge in [-0.15, -0.1) is 0 Å². The van der Waals surface area contributed by atoms with Gasteiger partial charge in [0.2, 0.25) is 5.91 Å². The number of halogens is 1. The van der Waals surface area contributed by atoms with Crippen molar-refractivity contribution in [2.45, 2.75) is 32.1 Å². The van der Waals surface area contributed by atoms with Crippen LogP contribution in [-0.2, 0) is 11.2 Å². The smallest absolute Gasteiger partial charge is 0.230 e. The van der Waals surface area contributed by atoms with Crippen LogP contribution in [-0.4, -0.2) is 30.5 Å². The third-order valence-corrected chi connectivity index (χ3v) is 5.73. The number of hydrogen-bond donors (Lipinski definition) is 0. The summed E-state index contributed by atoms with van der Waals surface area (Å²) in [4.78, 5) is 22.0. The molecule has 5 heteroatoms. The van der Waals surface area contributed by atoms with Gasteiger partial charge in [-0.05, 0) is 68.0 Å². The molecule has 0 aliphatic carbocycles. The minimum Gasteiger partial charge on any atom is -0.357 e. The van der Waals surface area contributed by atoms with Crippen molar-refractivity contribution in [1.82, 2.24) is 4.98 Å². The number of rotatable bonds is 2. The molecule has 1 amide bonds. The van der Waals surface area contributed by atoms with Crippen molar-refractivity contribution >= 4 is 29.0 Å². The minimum absolute atomic E-state index is 0.0941. The van der Waals surface area contributed by atoms with Crippen molar-refractivity contribution in [3.8, 4) is 0 Å². The Morgan fingerprint density at radius 3 is 2.69 bits per heavy atom. The number of carbonyl (C=O) groups is 1. The van der Waals surface area contributed by atoms with E-state index in [9.17, 15) is 4.79 Å². The number of pyridine rings is 1. The summed E-state index contributed by atoms with van der Waals surface area (Å²) >= 11 is 6.17. The lowest BCUT2D eigenvalue weighted by molar-refractivity contribution is -0.123. The Labute approximate surface area is 159 Å². The van der Waals surface area contributed by atoms with Gasteiger partial charge in [0.05, 0.1) is 0 Å². The summed E-state index contributed by atoms with van der Waals surface area (Å²) in [5.41, 5.74) is 2.26. The molecule has 0 atom stereocenters. The molecule has 2 aliphatic heterocycles. The van der Waals surface area contributed by atoms with Crippen LogP contribution in [0.15, 0.2) is 42.6 Å². The van der Waals surface area contributed by atoms with Crippen LogP contribution in [0.4, 0.5) is 11.5 Å². The minimum atomic E-state index is 0.0941. The summed E-state index contributed by atoms with van der Waals surface area (Å²) < 4.78 is 0. The van der Waals surface area contributed by atoms with Gasteiger partial charge >= 0.3 is 0 Å². The molecule has 1 saturated heterocycles. The van der Waals surface area contributed by atoms with Crippen LogP contribution in [0.3, 0.4) is 0 Å². The van der Waals surface area contributed by atoms with Gasteiger partial charge in [-0.3, -0.25) is 4.79 Å². The first-order valence-electron chi connectivity index (χ1n) is 9.48. The molecule has 0 N–H and O–H groups in total. The molecule has 4 rings (SSSR count). The maximum Gasteiger partial charge on any atom is 0.230 e. The van der Waals surface area contributed by atoms with Crippen molar-refractivity contribution in [2.75, 3.05) is 29.4 Å². The number of aromatic nitrogens is 1. The molecular formula is C21H24ClN3O. The number of fused-ring (bicyclic) bond motifs is 1. The van der Waals surface area contributed by atoms with Gasteiger partial charge in [-0.25, -0.2) is 4.98 Å². The zero-order chi connectivity index (χ0) is 17.9. The maximum absolute atomic E-state index is 13.3. The van der Waals surface area contributed by atoms with E-state index in [4.69, 9.17) is 11.6 Å². The third kappa shape index (κ3) is 3.56. The number of hydrogen-bond acceptors (Lipinski definition) is 3. The summed E-state index contributed by atoms with van der Waals surface area (Å²) in [6, 6.07) is 11.9. The molecule has 2 aliphatic rings. The monoisotopic (exact) mass is 369 g/mol. The quantitative estimate of drug-likeness (QED) is 0.790. The lowest BCUT2D eigenvalue weighted by Gasteiger charge is -2.35. The highest BCUT2D eigenvalue weighted by Gasteiger charge is 2.31. The van der Waals surface area contributed by atoms with Gasteiger partial charge in [0.25, 0.3) is 0 Å². The molecule has 2 aromatic rings. The molecule has 1 aromatic carbocycles. The van der Waals surface area contributed by atoms with E-state index in [2.05, 4.69) is 9.88 Å². The Morgan fingerprint density at radius 1 is 1.08 bits per heavy atom. The average molecular weight is 370 g/mol. The molecule has 4 nitrogen and oxygen atoms in total. The maximum atomic E-state index is 13.3. The molecule has 0 saturated carbocycles. The summed E-state index contributed by atoms with van der Waals surface area (Å²) in [6.07, 6.45) is 6.74. The highest BCUT2D eigenvalue weighted by atomic mass is 35.5. The largest absolute Gasteiger partial charge is 0.357 e. The highest BCUT2D eigenvalue weighted by molar-refractivity contribution is 6.30. The van der Waals surface area contributed by atoms with Crippen molar-refractivity contribution < 1.29 is 4.79 Å². The molecule has 1 fully saturated rings. The fourth-order valence-corrected chi connectivity index (χ4v) is 4.26. The molecule has 0 spiro atoms. The van der Waals surface area contributed by atoms with E-state index < -0.39 is 0 Å². The van der Waals surface area contributed by atoms with E-state index in [0.29, 0.717) is 0 Å². The number of carbonyl (C=O) groups excluding carboxylic acids is 1. The number of piperidine rings is 1. The van der Waals surface area contributed by atoms with Crippen LogP contribution in [0.5, 0.6) is 0 Å². The standard InChI is InChI=1S/C21H24ClN3O/c22-18-7-8-19-17(15-18)5-2-4-12-25(19)21(26)16-9-13-24(14-10-16)20-6-1-3-11-23-20/h1,3,6-8,11,15-16H,2,4-5,9-10,12-14H2. The predicted molar refractivity (Wildman–Crippen MR) is 106 cm³/mol. The fraction of sp³-hybridized carbons (Fsp3) is 0.429.